The molecule has 0 saturated carbocycles. The molecule has 10 heteroatoms. The third-order valence-electron chi connectivity index (χ3n) is 8.22. The molecule has 0 aromatic heterocycles. The Hall–Kier alpha value is -4.34. The van der Waals surface area contributed by atoms with Gasteiger partial charge in [-0.3, -0.25) is 0 Å². The number of aryl methyl sites for hydroxylation is 2. The lowest BCUT2D eigenvalue weighted by atomic mass is 9.72. The van der Waals surface area contributed by atoms with Crippen LogP contribution in [-0.4, -0.2) is 25.8 Å². The van der Waals surface area contributed by atoms with E-state index in [9.17, 15) is 0 Å². The Morgan fingerprint density at radius 3 is 1.33 bits per heavy atom. The van der Waals surface area contributed by atoms with Gasteiger partial charge in [0, 0.05) is 35.6 Å². The predicted octanol–water partition coefficient (Wildman–Crippen LogP) is 8.43. The third kappa shape index (κ3) is 4.82. The minimum absolute atomic E-state index is 0.0865. The largest absolute Gasteiger partial charge is 0.473 e. The molecule has 0 fully saturated rings. The Labute approximate surface area is 245 Å². The summed E-state index contributed by atoms with van der Waals surface area (Å²) in [5.41, 5.74) is -2.30. The fourth-order valence-corrected chi connectivity index (χ4v) is 6.08. The lowest BCUT2D eigenvalue weighted by Gasteiger charge is -2.40. The molecule has 0 spiro atoms. The van der Waals surface area contributed by atoms with Crippen molar-refractivity contribution in [3.05, 3.63) is 118 Å². The van der Waals surface area contributed by atoms with Gasteiger partial charge in [-0.2, -0.15) is 26.3 Å². The first-order valence-corrected chi connectivity index (χ1v) is 13.7. The highest BCUT2D eigenvalue weighted by molar-refractivity contribution is 5.59. The number of benzene rings is 4. The lowest BCUT2D eigenvalue weighted by molar-refractivity contribution is -0.288. The van der Waals surface area contributed by atoms with Crippen molar-refractivity contribution in [1.82, 2.24) is 0 Å². The molecule has 2 aliphatic heterocycles. The van der Waals surface area contributed by atoms with E-state index in [0.717, 1.165) is 46.8 Å². The van der Waals surface area contributed by atoms with Crippen LogP contribution in [-0.2, 0) is 18.5 Å². The molecule has 0 aliphatic carbocycles. The third-order valence-corrected chi connectivity index (χ3v) is 8.22. The number of halogens is 6. The first kappa shape index (κ1) is 28.8. The molecule has 0 bridgehead atoms. The number of anilines is 2. The Kier molecular flexibility index (Phi) is 6.98. The van der Waals surface area contributed by atoms with E-state index in [2.05, 4.69) is 0 Å². The van der Waals surface area contributed by atoms with Gasteiger partial charge in [0.05, 0.1) is 0 Å². The molecule has 2 heterocycles. The first-order chi connectivity index (χ1) is 20.4. The summed E-state index contributed by atoms with van der Waals surface area (Å²) < 4.78 is 102. The summed E-state index contributed by atoms with van der Waals surface area (Å²) in [6.07, 6.45) is -11.4. The maximum atomic E-state index is 15.1. The van der Waals surface area contributed by atoms with E-state index in [1.807, 2.05) is 62.4 Å². The van der Waals surface area contributed by atoms with Crippen LogP contribution in [0.4, 0.5) is 37.7 Å². The van der Waals surface area contributed by atoms with E-state index < -0.39 is 28.9 Å². The van der Waals surface area contributed by atoms with Crippen LogP contribution < -0.4 is 19.3 Å². The number of alkyl halides is 6. The summed E-state index contributed by atoms with van der Waals surface area (Å²) in [6, 6.07) is 20.8. The van der Waals surface area contributed by atoms with Gasteiger partial charge in [0.25, 0.3) is 0 Å². The van der Waals surface area contributed by atoms with Crippen molar-refractivity contribution in [2.75, 3.05) is 23.3 Å². The average molecular weight is 599 g/mol. The number of ether oxygens (including phenoxy) is 2. The Bertz CT molecular complexity index is 1540. The zero-order valence-electron chi connectivity index (χ0n) is 23.4. The minimum atomic E-state index is -5.72. The van der Waals surface area contributed by atoms with Crippen LogP contribution in [0.25, 0.3) is 0 Å². The zero-order valence-corrected chi connectivity index (χ0v) is 23.4. The van der Waals surface area contributed by atoms with Gasteiger partial charge in [-0.1, -0.05) is 48.5 Å². The molecule has 0 atom stereocenters. The maximum absolute atomic E-state index is 15.1. The van der Waals surface area contributed by atoms with Crippen molar-refractivity contribution in [1.29, 1.82) is 0 Å². The lowest BCUT2D eigenvalue weighted by Crippen LogP contribution is -2.55. The van der Waals surface area contributed by atoms with Gasteiger partial charge in [0.15, 0.2) is 13.5 Å². The minimum Gasteiger partial charge on any atom is -0.473 e. The topological polar surface area (TPSA) is 24.9 Å². The molecule has 4 aromatic rings. The average Bonchev–Trinajstić information content (AvgIpc) is 2.96. The molecule has 6 rings (SSSR count). The van der Waals surface area contributed by atoms with Gasteiger partial charge >= 0.3 is 12.4 Å². The predicted molar refractivity (Wildman–Crippen MR) is 151 cm³/mol. The van der Waals surface area contributed by atoms with Crippen molar-refractivity contribution in [2.45, 2.75) is 44.7 Å². The van der Waals surface area contributed by atoms with E-state index in [0.29, 0.717) is 0 Å². The molecule has 0 amide bonds. The van der Waals surface area contributed by atoms with E-state index >= 15 is 26.3 Å². The molecule has 0 N–H and O–H groups in total. The van der Waals surface area contributed by atoms with Crippen molar-refractivity contribution in [3.63, 3.8) is 0 Å². The smallest absolute Gasteiger partial charge is 0.411 e. The highest BCUT2D eigenvalue weighted by Crippen LogP contribution is 2.57. The van der Waals surface area contributed by atoms with Gasteiger partial charge in [-0.15, -0.1) is 0 Å². The van der Waals surface area contributed by atoms with Crippen LogP contribution in [0.15, 0.2) is 84.9 Å². The summed E-state index contributed by atoms with van der Waals surface area (Å²) in [4.78, 5) is 3.56. The first-order valence-electron chi connectivity index (χ1n) is 13.7. The van der Waals surface area contributed by atoms with Gasteiger partial charge in [0.1, 0.15) is 11.5 Å². The van der Waals surface area contributed by atoms with Crippen LogP contribution in [0.5, 0.6) is 11.5 Å². The van der Waals surface area contributed by atoms with E-state index in [1.165, 1.54) is 12.1 Å². The fourth-order valence-electron chi connectivity index (χ4n) is 6.08. The Balaban J connectivity index is 1.45. The highest BCUT2D eigenvalue weighted by atomic mass is 19.4. The molecular formula is C33H28F6N2O2. The van der Waals surface area contributed by atoms with Crippen molar-refractivity contribution in [3.8, 4) is 11.5 Å². The standard InChI is InChI=1S/C33H28F6N2O2/c1-21-7-3-5-9-27(21)40-17-23-15-25(11-13-29(23)42-19-40)31(32(34,35)36,33(37,38)39)26-12-14-30-24(16-26)18-41(20-43-30)28-10-6-4-8-22(28)2/h3-16H,17-20H2,1-2H3. The van der Waals surface area contributed by atoms with Crippen molar-refractivity contribution in [2.24, 2.45) is 0 Å². The van der Waals surface area contributed by atoms with Crippen molar-refractivity contribution < 1.29 is 35.8 Å². The van der Waals surface area contributed by atoms with Crippen LogP contribution in [0.1, 0.15) is 33.4 Å². The summed E-state index contributed by atoms with van der Waals surface area (Å²) in [5, 5.41) is 0. The summed E-state index contributed by atoms with van der Waals surface area (Å²) in [7, 11) is 0. The van der Waals surface area contributed by atoms with Gasteiger partial charge in [0.2, 0.25) is 5.41 Å². The molecule has 4 aromatic carbocycles. The molecule has 2 aliphatic rings. The number of para-hydroxylation sites is 2. The highest BCUT2D eigenvalue weighted by Gasteiger charge is 2.72. The maximum Gasteiger partial charge on any atom is 0.411 e. The number of hydrogen-bond acceptors (Lipinski definition) is 4. The monoisotopic (exact) mass is 598 g/mol. The Morgan fingerprint density at radius 2 is 0.953 bits per heavy atom. The van der Waals surface area contributed by atoms with Crippen LogP contribution in [0.3, 0.4) is 0 Å². The Morgan fingerprint density at radius 1 is 0.558 bits per heavy atom. The van der Waals surface area contributed by atoms with Crippen LogP contribution in [0, 0.1) is 13.8 Å². The summed E-state index contributed by atoms with van der Waals surface area (Å²) in [5.74, 6) is 0.499. The SMILES string of the molecule is Cc1ccccc1N1COc2ccc(C(c3ccc4c(c3)CN(c3ccccc3C)CO4)(C(F)(F)F)C(F)(F)F)cc2C1. The molecule has 0 saturated heterocycles. The second kappa shape index (κ2) is 10.4. The van der Waals surface area contributed by atoms with Crippen LogP contribution in [0.2, 0.25) is 0 Å². The molecule has 0 unspecified atom stereocenters. The molecule has 0 radical (unpaired) electrons. The van der Waals surface area contributed by atoms with Crippen LogP contribution >= 0.6 is 0 Å². The number of fused-ring (bicyclic) bond motifs is 2. The van der Waals surface area contributed by atoms with Crippen molar-refractivity contribution >= 4 is 11.4 Å². The van der Waals surface area contributed by atoms with E-state index in [4.69, 9.17) is 9.47 Å². The van der Waals surface area contributed by atoms with E-state index in [-0.39, 0.29) is 49.2 Å². The fraction of sp³-hybridized carbons (Fsp3) is 0.273. The normalized spacial score (nSPS) is 15.3. The van der Waals surface area contributed by atoms with Gasteiger partial charge in [-0.25, -0.2) is 0 Å². The number of hydrogen-bond donors (Lipinski definition) is 0. The summed E-state index contributed by atoms with van der Waals surface area (Å²) >= 11 is 0. The second-order valence-corrected chi connectivity index (χ2v) is 10.9. The second-order valence-electron chi connectivity index (χ2n) is 10.9. The van der Waals surface area contributed by atoms with E-state index in [1.54, 1.807) is 9.80 Å². The van der Waals surface area contributed by atoms with Gasteiger partial charge < -0.3 is 19.3 Å². The molecule has 4 nitrogen and oxygen atoms in total. The number of rotatable bonds is 4. The zero-order chi connectivity index (χ0) is 30.6. The molecule has 224 valence electrons. The molecular weight excluding hydrogens is 570 g/mol. The quantitative estimate of drug-likeness (QED) is 0.220. The number of nitrogens with zero attached hydrogens (tertiary/aromatic N) is 2. The summed E-state index contributed by atoms with van der Waals surface area (Å²) in [6.45, 7) is 4.15. The molecule has 43 heavy (non-hydrogen) atoms. The van der Waals surface area contributed by atoms with Gasteiger partial charge in [-0.05, 0) is 72.5 Å².